The Morgan fingerprint density at radius 2 is 1.81 bits per heavy atom. The summed E-state index contributed by atoms with van der Waals surface area (Å²) < 4.78 is 41.7. The minimum absolute atomic E-state index is 0.114. The molecule has 0 N–H and O–H groups in total. The molecule has 4 heterocycles. The van der Waals surface area contributed by atoms with Crippen LogP contribution in [-0.2, 0) is 7.05 Å². The van der Waals surface area contributed by atoms with Gasteiger partial charge in [0.05, 0.1) is 30.3 Å². The van der Waals surface area contributed by atoms with Crippen LogP contribution in [0.15, 0.2) is 47.1 Å². The number of methoxy groups -OCH3 is 1. The number of benzene rings is 1. The average molecular weight is 437 g/mol. The van der Waals surface area contributed by atoms with E-state index < -0.39 is 6.43 Å². The van der Waals surface area contributed by atoms with Crippen molar-refractivity contribution in [2.45, 2.75) is 13.3 Å². The van der Waals surface area contributed by atoms with Crippen LogP contribution in [-0.4, -0.2) is 41.7 Å². The van der Waals surface area contributed by atoms with E-state index >= 15 is 0 Å². The van der Waals surface area contributed by atoms with Gasteiger partial charge in [-0.1, -0.05) is 12.1 Å². The van der Waals surface area contributed by atoms with Gasteiger partial charge in [-0.05, 0) is 25.1 Å². The summed E-state index contributed by atoms with van der Waals surface area (Å²) >= 11 is 0. The van der Waals surface area contributed by atoms with Gasteiger partial charge in [0.15, 0.2) is 5.65 Å². The van der Waals surface area contributed by atoms with E-state index in [0.717, 1.165) is 10.2 Å². The number of aromatic nitrogens is 7. The van der Waals surface area contributed by atoms with E-state index in [0.29, 0.717) is 28.1 Å². The maximum absolute atomic E-state index is 13.9. The predicted octanol–water partition coefficient (Wildman–Crippen LogP) is 4.10. The van der Waals surface area contributed by atoms with Crippen molar-refractivity contribution in [1.82, 2.24) is 34.6 Å². The third-order valence-electron chi connectivity index (χ3n) is 5.01. The molecule has 9 nitrogen and oxygen atoms in total. The Hall–Kier alpha value is -4.15. The van der Waals surface area contributed by atoms with Crippen molar-refractivity contribution in [3.05, 3.63) is 54.1 Å². The molecule has 1 aromatic carbocycles. The second-order valence-electron chi connectivity index (χ2n) is 7.08. The molecule has 5 rings (SSSR count). The quantitative estimate of drug-likeness (QED) is 0.408. The molecule has 0 unspecified atom stereocenters. The molecule has 11 heteroatoms. The zero-order valence-corrected chi connectivity index (χ0v) is 17.3. The summed E-state index contributed by atoms with van der Waals surface area (Å²) in [5.74, 6) is 0.890. The third kappa shape index (κ3) is 3.18. The number of nitrogens with zero attached hydrogens (tertiary/aromatic N) is 7. The molecular formula is C21H17F2N7O2. The number of rotatable bonds is 5. The molecule has 0 aliphatic carbocycles. The van der Waals surface area contributed by atoms with Crippen LogP contribution in [0, 0.1) is 6.92 Å². The van der Waals surface area contributed by atoms with Crippen molar-refractivity contribution in [3.8, 4) is 39.9 Å². The molecule has 0 saturated carbocycles. The van der Waals surface area contributed by atoms with Gasteiger partial charge in [0.25, 0.3) is 18.2 Å². The number of hydrogen-bond donors (Lipinski definition) is 0. The number of para-hydroxylation sites is 1. The van der Waals surface area contributed by atoms with Crippen molar-refractivity contribution in [2.75, 3.05) is 7.11 Å². The Bertz CT molecular complexity index is 1440. The SMILES string of the molecule is COc1ccccc1-c1cc(C(F)F)n2ncc(-c3nnc(-c4cn(C)nc4C)o3)c2n1. The Morgan fingerprint density at radius 3 is 2.50 bits per heavy atom. The highest BCUT2D eigenvalue weighted by Crippen LogP contribution is 2.34. The summed E-state index contributed by atoms with van der Waals surface area (Å²) in [4.78, 5) is 4.58. The van der Waals surface area contributed by atoms with Crippen LogP contribution in [0.1, 0.15) is 17.8 Å². The number of aryl methyl sites for hydroxylation is 2. The molecule has 4 aromatic heterocycles. The normalized spacial score (nSPS) is 11.6. The lowest BCUT2D eigenvalue weighted by atomic mass is 10.1. The van der Waals surface area contributed by atoms with Crippen molar-refractivity contribution >= 4 is 5.65 Å². The van der Waals surface area contributed by atoms with E-state index in [2.05, 4.69) is 25.4 Å². The smallest absolute Gasteiger partial charge is 0.280 e. The van der Waals surface area contributed by atoms with E-state index in [4.69, 9.17) is 9.15 Å². The zero-order chi connectivity index (χ0) is 22.4. The molecule has 32 heavy (non-hydrogen) atoms. The molecular weight excluding hydrogens is 420 g/mol. The molecule has 0 amide bonds. The van der Waals surface area contributed by atoms with Crippen LogP contribution in [0.2, 0.25) is 0 Å². The molecule has 0 bridgehead atoms. The zero-order valence-electron chi connectivity index (χ0n) is 17.3. The molecule has 0 spiro atoms. The molecule has 5 aromatic rings. The lowest BCUT2D eigenvalue weighted by Crippen LogP contribution is -2.03. The number of hydrogen-bond acceptors (Lipinski definition) is 7. The second kappa shape index (κ2) is 7.52. The number of ether oxygens (including phenoxy) is 1. The fourth-order valence-corrected chi connectivity index (χ4v) is 3.54. The first-order chi connectivity index (χ1) is 15.5. The van der Waals surface area contributed by atoms with Crippen LogP contribution in [0.4, 0.5) is 8.78 Å². The van der Waals surface area contributed by atoms with Crippen molar-refractivity contribution in [1.29, 1.82) is 0 Å². The Kier molecular flexibility index (Phi) is 4.65. The molecule has 0 saturated heterocycles. The number of halogens is 2. The van der Waals surface area contributed by atoms with Crippen LogP contribution in [0.25, 0.3) is 39.8 Å². The largest absolute Gasteiger partial charge is 0.496 e. The molecule has 0 aliphatic rings. The van der Waals surface area contributed by atoms with Crippen LogP contribution < -0.4 is 4.74 Å². The second-order valence-corrected chi connectivity index (χ2v) is 7.08. The van der Waals surface area contributed by atoms with Gasteiger partial charge in [-0.3, -0.25) is 4.68 Å². The van der Waals surface area contributed by atoms with Crippen molar-refractivity contribution < 1.29 is 17.9 Å². The summed E-state index contributed by atoms with van der Waals surface area (Å²) in [5.41, 5.74) is 2.48. The average Bonchev–Trinajstić information content (AvgIpc) is 3.50. The Balaban J connectivity index is 1.69. The first-order valence-corrected chi connectivity index (χ1v) is 9.61. The monoisotopic (exact) mass is 437 g/mol. The molecule has 162 valence electrons. The van der Waals surface area contributed by atoms with Crippen molar-refractivity contribution in [3.63, 3.8) is 0 Å². The highest BCUT2D eigenvalue weighted by Gasteiger charge is 2.23. The minimum Gasteiger partial charge on any atom is -0.496 e. The van der Waals surface area contributed by atoms with Crippen LogP contribution in [0.3, 0.4) is 0 Å². The summed E-state index contributed by atoms with van der Waals surface area (Å²) in [5, 5.41) is 16.5. The minimum atomic E-state index is -2.78. The van der Waals surface area contributed by atoms with E-state index in [9.17, 15) is 8.78 Å². The standard InChI is InChI=1S/C21H17F2N7O2/c1-11-14(10-29(2)28-11)21-27-26-20(32-21)13-9-24-30-16(18(22)23)8-15(25-19(13)30)12-6-4-5-7-17(12)31-3/h4-10,18H,1-3H3. The fraction of sp³-hybridized carbons (Fsp3) is 0.190. The lowest BCUT2D eigenvalue weighted by molar-refractivity contribution is 0.143. The van der Waals surface area contributed by atoms with E-state index in [-0.39, 0.29) is 23.1 Å². The van der Waals surface area contributed by atoms with Gasteiger partial charge in [-0.2, -0.15) is 10.2 Å². The highest BCUT2D eigenvalue weighted by atomic mass is 19.3. The fourth-order valence-electron chi connectivity index (χ4n) is 3.54. The summed E-state index contributed by atoms with van der Waals surface area (Å²) in [7, 11) is 3.30. The predicted molar refractivity (Wildman–Crippen MR) is 110 cm³/mol. The molecule has 0 aliphatic heterocycles. The van der Waals surface area contributed by atoms with Gasteiger partial charge >= 0.3 is 0 Å². The van der Waals surface area contributed by atoms with E-state index in [1.807, 2.05) is 6.92 Å². The topological polar surface area (TPSA) is 96.2 Å². The summed E-state index contributed by atoms with van der Waals surface area (Å²) in [6.45, 7) is 1.82. The van der Waals surface area contributed by atoms with Crippen LogP contribution >= 0.6 is 0 Å². The summed E-state index contributed by atoms with van der Waals surface area (Å²) in [6, 6.07) is 8.35. The third-order valence-corrected chi connectivity index (χ3v) is 5.01. The maximum Gasteiger partial charge on any atom is 0.280 e. The van der Waals surface area contributed by atoms with Crippen molar-refractivity contribution in [2.24, 2.45) is 7.05 Å². The van der Waals surface area contributed by atoms with Crippen LogP contribution in [0.5, 0.6) is 5.75 Å². The first kappa shape index (κ1) is 19.8. The van der Waals surface area contributed by atoms with Gasteiger partial charge in [0.2, 0.25) is 0 Å². The Labute approximate surface area is 180 Å². The molecule has 0 radical (unpaired) electrons. The number of fused-ring (bicyclic) bond motifs is 1. The highest BCUT2D eigenvalue weighted by molar-refractivity contribution is 5.76. The van der Waals surface area contributed by atoms with Gasteiger partial charge in [0, 0.05) is 18.8 Å². The van der Waals surface area contributed by atoms with E-state index in [1.165, 1.54) is 19.4 Å². The molecule has 0 fully saturated rings. The van der Waals surface area contributed by atoms with Gasteiger partial charge in [-0.15, -0.1) is 10.2 Å². The van der Waals surface area contributed by atoms with Gasteiger partial charge < -0.3 is 9.15 Å². The van der Waals surface area contributed by atoms with Gasteiger partial charge in [-0.25, -0.2) is 18.3 Å². The molecule has 0 atom stereocenters. The van der Waals surface area contributed by atoms with E-state index in [1.54, 1.807) is 42.2 Å². The maximum atomic E-state index is 13.9. The number of alkyl halides is 2. The first-order valence-electron chi connectivity index (χ1n) is 9.61. The lowest BCUT2D eigenvalue weighted by Gasteiger charge is -2.11. The summed E-state index contributed by atoms with van der Waals surface area (Å²) in [6.07, 6.45) is 0.363. The van der Waals surface area contributed by atoms with Gasteiger partial charge in [0.1, 0.15) is 17.0 Å². The Morgan fingerprint density at radius 1 is 1.06 bits per heavy atom.